The van der Waals surface area contributed by atoms with Crippen LogP contribution in [0.4, 0.5) is 18.9 Å². The molecule has 0 aliphatic heterocycles. The molecule has 2 aliphatic rings. The van der Waals surface area contributed by atoms with Gasteiger partial charge in [0.1, 0.15) is 6.10 Å². The number of hydrogen-bond donors (Lipinski definition) is 4. The number of carbonyl (C=O) groups is 3. The molecule has 4 rings (SSSR count). The van der Waals surface area contributed by atoms with Crippen LogP contribution < -0.4 is 16.8 Å². The van der Waals surface area contributed by atoms with Crippen molar-refractivity contribution in [3.63, 3.8) is 0 Å². The maximum atomic E-state index is 13.9. The largest absolute Gasteiger partial charge is 0.459 e. The highest BCUT2D eigenvalue weighted by Gasteiger charge is 2.45. The Morgan fingerprint density at radius 3 is 2.40 bits per heavy atom. The van der Waals surface area contributed by atoms with Crippen molar-refractivity contribution >= 4 is 33.5 Å². The quantitative estimate of drug-likeness (QED) is 0.276. The van der Waals surface area contributed by atoms with Crippen LogP contribution >= 0.6 is 0 Å². The molecular formula is C26H34F3N5O7S. The van der Waals surface area contributed by atoms with E-state index in [4.69, 9.17) is 20.8 Å². The van der Waals surface area contributed by atoms with E-state index < -0.39 is 56.7 Å². The third-order valence-electron chi connectivity index (χ3n) is 6.82. The number of aromatic nitrogens is 2. The number of rotatable bonds is 6. The fraction of sp³-hybridized carbons (Fsp3) is 0.538. The summed E-state index contributed by atoms with van der Waals surface area (Å²) in [6.07, 6.45) is -1.51. The topological polar surface area (TPSA) is 197 Å². The Kier molecular flexibility index (Phi) is 9.74. The van der Waals surface area contributed by atoms with Gasteiger partial charge in [-0.1, -0.05) is 20.3 Å². The number of benzene rings is 1. The molecule has 16 heteroatoms. The summed E-state index contributed by atoms with van der Waals surface area (Å²) in [5.41, 5.74) is 9.55. The van der Waals surface area contributed by atoms with Crippen LogP contribution in [0.5, 0.6) is 0 Å². The molecule has 0 bridgehead atoms. The summed E-state index contributed by atoms with van der Waals surface area (Å²) >= 11 is 0. The molecule has 1 saturated carbocycles. The molecule has 12 nitrogen and oxygen atoms in total. The summed E-state index contributed by atoms with van der Waals surface area (Å²) in [5.74, 6) is -1.91. The van der Waals surface area contributed by atoms with Crippen molar-refractivity contribution in [2.24, 2.45) is 16.9 Å². The lowest BCUT2D eigenvalue weighted by Gasteiger charge is -2.33. The maximum absolute atomic E-state index is 13.9. The molecule has 0 saturated heterocycles. The number of alkyl halides is 3. The molecule has 1 aromatic carbocycles. The number of ether oxygens (including phenoxy) is 1. The number of anilines is 1. The molecule has 0 spiro atoms. The van der Waals surface area contributed by atoms with Crippen molar-refractivity contribution in [3.05, 3.63) is 40.7 Å². The lowest BCUT2D eigenvalue weighted by atomic mass is 9.75. The number of esters is 1. The van der Waals surface area contributed by atoms with E-state index in [0.29, 0.717) is 19.1 Å². The van der Waals surface area contributed by atoms with Crippen molar-refractivity contribution < 1.29 is 45.3 Å². The van der Waals surface area contributed by atoms with Crippen molar-refractivity contribution in [2.45, 2.75) is 70.7 Å². The first-order valence-electron chi connectivity index (χ1n) is 13.1. The van der Waals surface area contributed by atoms with Gasteiger partial charge in [-0.05, 0) is 49.3 Å². The molecular weight excluding hydrogens is 583 g/mol. The van der Waals surface area contributed by atoms with Gasteiger partial charge in [0.2, 0.25) is 0 Å². The van der Waals surface area contributed by atoms with Crippen LogP contribution in [0.3, 0.4) is 0 Å². The van der Waals surface area contributed by atoms with E-state index in [0.717, 1.165) is 17.5 Å². The number of carbonyl (C=O) groups excluding carboxylic acids is 3. The second-order valence-corrected chi connectivity index (χ2v) is 12.6. The number of nitrogens with one attached hydrogen (secondary N) is 1. The number of Topliss-reactive ketones (excluding diaryl/α,β-unsaturated/α-hetero) is 1. The van der Waals surface area contributed by atoms with Crippen LogP contribution in [0, 0.1) is 5.41 Å². The smallest absolute Gasteiger partial charge is 0.435 e. The summed E-state index contributed by atoms with van der Waals surface area (Å²) in [5, 5.41) is 7.03. The molecule has 1 heterocycles. The highest BCUT2D eigenvalue weighted by Crippen LogP contribution is 2.42. The lowest BCUT2D eigenvalue weighted by molar-refractivity contribution is -0.149. The van der Waals surface area contributed by atoms with Gasteiger partial charge in [0.15, 0.2) is 11.5 Å². The van der Waals surface area contributed by atoms with Gasteiger partial charge in [-0.3, -0.25) is 18.9 Å². The van der Waals surface area contributed by atoms with Gasteiger partial charge in [-0.2, -0.15) is 26.7 Å². The molecule has 2 aliphatic carbocycles. The monoisotopic (exact) mass is 617 g/mol. The SMILES string of the molecule is CC1(C)CC(=O)c2c(C(F)(F)F)nn(-c3ccc(C(N)=O)c(NC4CCCCC4OC(=O)CN)c3)c2C1.CS(=O)(=O)O. The Morgan fingerprint density at radius 1 is 1.21 bits per heavy atom. The molecule has 1 amide bonds. The van der Waals surface area contributed by atoms with Gasteiger partial charge in [-0.25, -0.2) is 4.68 Å². The standard InChI is InChI=1S/C25H30F3N5O4.CH4O3S/c1-24(2)10-17-21(18(34)11-24)22(25(26,27)28)32-33(17)13-7-8-14(23(30)36)16(9-13)31-15-5-3-4-6-19(15)37-20(35)12-29;1-5(2,3)4/h7-9,15,19,31H,3-6,10-12,29H2,1-2H3,(H2,30,36);1H3,(H,2,3,4). The fourth-order valence-electron chi connectivity index (χ4n) is 5.18. The number of ketones is 1. The highest BCUT2D eigenvalue weighted by atomic mass is 32.2. The Labute approximate surface area is 240 Å². The first kappa shape index (κ1) is 33.0. The molecule has 232 valence electrons. The van der Waals surface area contributed by atoms with Crippen molar-refractivity contribution in [3.8, 4) is 5.69 Å². The van der Waals surface area contributed by atoms with E-state index in [1.165, 1.54) is 18.2 Å². The van der Waals surface area contributed by atoms with Gasteiger partial charge < -0.3 is 21.5 Å². The Hall–Kier alpha value is -3.50. The fourth-order valence-corrected chi connectivity index (χ4v) is 5.18. The average Bonchev–Trinajstić information content (AvgIpc) is 3.23. The van der Waals surface area contributed by atoms with Crippen LogP contribution in [0.1, 0.15) is 78.1 Å². The lowest BCUT2D eigenvalue weighted by Crippen LogP contribution is -2.41. The number of fused-ring (bicyclic) bond motifs is 1. The van der Waals surface area contributed by atoms with Gasteiger partial charge >= 0.3 is 12.1 Å². The van der Waals surface area contributed by atoms with E-state index in [1.807, 2.05) is 13.8 Å². The van der Waals surface area contributed by atoms with Crippen LogP contribution in [-0.2, 0) is 32.2 Å². The predicted molar refractivity (Wildman–Crippen MR) is 146 cm³/mol. The Bertz CT molecular complexity index is 1460. The third-order valence-corrected chi connectivity index (χ3v) is 6.82. The molecule has 2 aromatic rings. The predicted octanol–water partition coefficient (Wildman–Crippen LogP) is 2.87. The highest BCUT2D eigenvalue weighted by molar-refractivity contribution is 7.85. The number of primary amides is 1. The number of nitrogens with zero attached hydrogens (tertiary/aromatic N) is 2. The second kappa shape index (κ2) is 12.4. The van der Waals surface area contributed by atoms with E-state index in [1.54, 1.807) is 0 Å². The first-order chi connectivity index (χ1) is 19.3. The van der Waals surface area contributed by atoms with Crippen LogP contribution in [-0.4, -0.2) is 65.4 Å². The normalized spacial score (nSPS) is 20.1. The summed E-state index contributed by atoms with van der Waals surface area (Å²) < 4.78 is 74.0. The third kappa shape index (κ3) is 8.29. The molecule has 2 atom stereocenters. The maximum Gasteiger partial charge on any atom is 0.435 e. The zero-order valence-electron chi connectivity index (χ0n) is 23.3. The minimum atomic E-state index is -4.82. The average molecular weight is 618 g/mol. The molecule has 0 radical (unpaired) electrons. The van der Waals surface area contributed by atoms with Gasteiger partial charge in [0, 0.05) is 12.1 Å². The van der Waals surface area contributed by atoms with Crippen LogP contribution in [0.2, 0.25) is 0 Å². The van der Waals surface area contributed by atoms with Crippen LogP contribution in [0.25, 0.3) is 5.69 Å². The first-order valence-corrected chi connectivity index (χ1v) is 14.9. The van der Waals surface area contributed by atoms with Gasteiger partial charge in [-0.15, -0.1) is 0 Å². The van der Waals surface area contributed by atoms with Gasteiger partial charge in [0.05, 0.1) is 41.4 Å². The zero-order valence-corrected chi connectivity index (χ0v) is 24.1. The number of halogens is 3. The number of nitrogens with two attached hydrogens (primary N) is 2. The van der Waals surface area contributed by atoms with E-state index >= 15 is 0 Å². The molecule has 42 heavy (non-hydrogen) atoms. The Balaban J connectivity index is 0.000000892. The molecule has 2 unspecified atom stereocenters. The summed E-state index contributed by atoms with van der Waals surface area (Å²) in [4.78, 5) is 36.7. The van der Waals surface area contributed by atoms with E-state index in [9.17, 15) is 36.0 Å². The van der Waals surface area contributed by atoms with E-state index in [2.05, 4.69) is 10.4 Å². The Morgan fingerprint density at radius 2 is 1.83 bits per heavy atom. The minimum Gasteiger partial charge on any atom is -0.459 e. The summed E-state index contributed by atoms with van der Waals surface area (Å²) in [7, 11) is -3.67. The second-order valence-electron chi connectivity index (χ2n) is 11.1. The van der Waals surface area contributed by atoms with E-state index in [-0.39, 0.29) is 48.1 Å². The van der Waals surface area contributed by atoms with Crippen molar-refractivity contribution in [1.82, 2.24) is 9.78 Å². The van der Waals surface area contributed by atoms with Crippen molar-refractivity contribution in [1.29, 1.82) is 0 Å². The molecule has 1 fully saturated rings. The minimum absolute atomic E-state index is 0.0211. The summed E-state index contributed by atoms with van der Waals surface area (Å²) in [6, 6.07) is 3.96. The number of hydrogen-bond acceptors (Lipinski definition) is 9. The number of amides is 1. The van der Waals surface area contributed by atoms with Crippen LogP contribution in [0.15, 0.2) is 18.2 Å². The van der Waals surface area contributed by atoms with Gasteiger partial charge in [0.25, 0.3) is 16.0 Å². The zero-order chi connectivity index (χ0) is 31.6. The molecule has 6 N–H and O–H groups in total. The molecule has 1 aromatic heterocycles. The van der Waals surface area contributed by atoms with Crippen molar-refractivity contribution in [2.75, 3.05) is 18.1 Å². The summed E-state index contributed by atoms with van der Waals surface area (Å²) in [6.45, 7) is 3.35.